The maximum atomic E-state index is 13.4. The highest BCUT2D eigenvalue weighted by Gasteiger charge is 2.35. The molecular weight excluding hydrogens is 476 g/mol. The number of anilines is 1. The molecule has 0 spiro atoms. The Balaban J connectivity index is 1.65. The van der Waals surface area contributed by atoms with Crippen molar-refractivity contribution < 1.29 is 35.5 Å². The Morgan fingerprint density at radius 3 is 2.38 bits per heavy atom. The van der Waals surface area contributed by atoms with Crippen molar-refractivity contribution in [2.45, 2.75) is 23.9 Å². The maximum Gasteiger partial charge on any atom is 0.419 e. The lowest BCUT2D eigenvalue weighted by molar-refractivity contribution is -0.140. The summed E-state index contributed by atoms with van der Waals surface area (Å²) in [5.41, 5.74) is -1.67. The van der Waals surface area contributed by atoms with Crippen molar-refractivity contribution in [1.82, 2.24) is 4.31 Å². The number of amides is 1. The van der Waals surface area contributed by atoms with Gasteiger partial charge in [0.15, 0.2) is 0 Å². The van der Waals surface area contributed by atoms with Gasteiger partial charge in [-0.25, -0.2) is 12.8 Å². The van der Waals surface area contributed by atoms with Gasteiger partial charge in [-0.2, -0.15) is 17.5 Å². The Morgan fingerprint density at radius 2 is 1.81 bits per heavy atom. The topological polar surface area (TPSA) is 75.7 Å². The molecule has 2 aromatic rings. The first-order chi connectivity index (χ1) is 14.9. The average Bonchev–Trinajstić information content (AvgIpc) is 2.74. The highest BCUT2D eigenvalue weighted by Crippen LogP contribution is 2.34. The largest absolute Gasteiger partial charge is 0.495 e. The van der Waals surface area contributed by atoms with Crippen molar-refractivity contribution in [1.29, 1.82) is 0 Å². The molecule has 12 heteroatoms. The number of halogens is 5. The minimum absolute atomic E-state index is 0.0165. The fraction of sp³-hybridized carbons (Fsp3) is 0.350. The summed E-state index contributed by atoms with van der Waals surface area (Å²) in [5, 5.41) is 2.49. The molecule has 0 bridgehead atoms. The lowest BCUT2D eigenvalue weighted by Crippen LogP contribution is -2.41. The quantitative estimate of drug-likeness (QED) is 0.619. The number of rotatable bonds is 5. The third-order valence-electron chi connectivity index (χ3n) is 5.13. The van der Waals surface area contributed by atoms with Gasteiger partial charge in [0.05, 0.1) is 22.6 Å². The second-order valence-corrected chi connectivity index (χ2v) is 9.50. The fourth-order valence-corrected chi connectivity index (χ4v) is 5.20. The molecule has 1 aliphatic heterocycles. The monoisotopic (exact) mass is 494 g/mol. The number of carbonyl (C=O) groups is 1. The van der Waals surface area contributed by atoms with Gasteiger partial charge >= 0.3 is 6.18 Å². The summed E-state index contributed by atoms with van der Waals surface area (Å²) in [4.78, 5) is 12.5. The van der Waals surface area contributed by atoms with E-state index in [1.807, 2.05) is 0 Å². The van der Waals surface area contributed by atoms with Crippen LogP contribution in [0.3, 0.4) is 0 Å². The molecule has 6 nitrogen and oxygen atoms in total. The number of sulfonamides is 1. The van der Waals surface area contributed by atoms with Crippen LogP contribution in [0.4, 0.5) is 23.2 Å². The minimum Gasteiger partial charge on any atom is -0.495 e. The van der Waals surface area contributed by atoms with E-state index in [1.165, 1.54) is 29.6 Å². The van der Waals surface area contributed by atoms with Crippen molar-refractivity contribution in [3.05, 3.63) is 52.8 Å². The smallest absolute Gasteiger partial charge is 0.419 e. The van der Waals surface area contributed by atoms with Crippen LogP contribution in [-0.4, -0.2) is 38.8 Å². The van der Waals surface area contributed by atoms with Crippen LogP contribution in [0, 0.1) is 11.7 Å². The zero-order valence-corrected chi connectivity index (χ0v) is 18.3. The number of carbonyl (C=O) groups excluding carboxylic acids is 1. The van der Waals surface area contributed by atoms with Crippen LogP contribution in [0.1, 0.15) is 18.4 Å². The first-order valence-electron chi connectivity index (χ1n) is 9.45. The van der Waals surface area contributed by atoms with E-state index in [9.17, 15) is 30.8 Å². The molecule has 0 aliphatic carbocycles. The van der Waals surface area contributed by atoms with E-state index >= 15 is 0 Å². The maximum absolute atomic E-state index is 13.4. The Hall–Kier alpha value is -2.37. The molecule has 0 atom stereocenters. The number of piperidine rings is 1. The number of hydrogen-bond donors (Lipinski definition) is 1. The molecule has 3 rings (SSSR count). The van der Waals surface area contributed by atoms with Crippen LogP contribution in [-0.2, 0) is 21.0 Å². The van der Waals surface area contributed by atoms with Gasteiger partial charge in [0, 0.05) is 24.7 Å². The lowest BCUT2D eigenvalue weighted by atomic mass is 9.97. The van der Waals surface area contributed by atoms with Gasteiger partial charge in [0.1, 0.15) is 11.6 Å². The van der Waals surface area contributed by atoms with Crippen molar-refractivity contribution >= 4 is 33.2 Å². The summed E-state index contributed by atoms with van der Waals surface area (Å²) in [5.74, 6) is -2.28. The molecule has 0 radical (unpaired) electrons. The van der Waals surface area contributed by atoms with Crippen LogP contribution in [0.2, 0.25) is 5.02 Å². The highest BCUT2D eigenvalue weighted by atomic mass is 35.5. The van der Waals surface area contributed by atoms with E-state index in [1.54, 1.807) is 0 Å². The number of benzene rings is 2. The number of nitrogens with zero attached hydrogens (tertiary/aromatic N) is 1. The Labute approximate surface area is 187 Å². The zero-order chi connectivity index (χ0) is 23.7. The lowest BCUT2D eigenvalue weighted by Gasteiger charge is -2.30. The summed E-state index contributed by atoms with van der Waals surface area (Å²) in [6, 6.07) is 6.28. The van der Waals surface area contributed by atoms with Crippen molar-refractivity contribution in [2.75, 3.05) is 25.5 Å². The SMILES string of the molecule is COc1ccc(S(=O)(=O)N2CCC(C(=O)Nc3ccc(F)c(C(F)(F)F)c3)CC2)cc1Cl. The molecule has 174 valence electrons. The highest BCUT2D eigenvalue weighted by molar-refractivity contribution is 7.89. The molecule has 32 heavy (non-hydrogen) atoms. The summed E-state index contributed by atoms with van der Waals surface area (Å²) in [6.07, 6.45) is -4.56. The van der Waals surface area contributed by atoms with Gasteiger partial charge in [0.2, 0.25) is 15.9 Å². The van der Waals surface area contributed by atoms with E-state index in [2.05, 4.69) is 5.32 Å². The van der Waals surface area contributed by atoms with Crippen LogP contribution in [0.5, 0.6) is 5.75 Å². The van der Waals surface area contributed by atoms with E-state index in [4.69, 9.17) is 16.3 Å². The fourth-order valence-electron chi connectivity index (χ4n) is 3.38. The number of nitrogens with one attached hydrogen (secondary N) is 1. The Kier molecular flexibility index (Phi) is 7.01. The molecule has 0 aromatic heterocycles. The molecule has 1 fully saturated rings. The van der Waals surface area contributed by atoms with Crippen LogP contribution >= 0.6 is 11.6 Å². The van der Waals surface area contributed by atoms with E-state index < -0.39 is 39.4 Å². The van der Waals surface area contributed by atoms with Crippen LogP contribution in [0.15, 0.2) is 41.3 Å². The zero-order valence-electron chi connectivity index (χ0n) is 16.7. The molecule has 0 unspecified atom stereocenters. The predicted molar refractivity (Wildman–Crippen MR) is 110 cm³/mol. The third kappa shape index (κ3) is 5.16. The van der Waals surface area contributed by atoms with Gasteiger partial charge in [0.25, 0.3) is 0 Å². The number of hydrogen-bond acceptors (Lipinski definition) is 4. The molecule has 1 heterocycles. The average molecular weight is 495 g/mol. The van der Waals surface area contributed by atoms with E-state index in [-0.39, 0.29) is 41.5 Å². The molecule has 1 amide bonds. The first-order valence-corrected chi connectivity index (χ1v) is 11.3. The molecule has 0 saturated carbocycles. The standard InChI is InChI=1S/C20H19ClF4N2O4S/c1-31-18-5-3-14(11-16(18)21)32(29,30)27-8-6-12(7-9-27)19(28)26-13-2-4-17(22)15(10-13)20(23,24)25/h2-5,10-12H,6-9H2,1H3,(H,26,28). The van der Waals surface area contributed by atoms with Crippen molar-refractivity contribution in [3.63, 3.8) is 0 Å². The normalized spacial score (nSPS) is 16.1. The van der Waals surface area contributed by atoms with E-state index in [0.29, 0.717) is 17.9 Å². The van der Waals surface area contributed by atoms with Crippen LogP contribution < -0.4 is 10.1 Å². The van der Waals surface area contributed by atoms with Crippen LogP contribution in [0.25, 0.3) is 0 Å². The second kappa shape index (κ2) is 9.24. The predicted octanol–water partition coefficient (Wildman–Crippen LogP) is 4.55. The van der Waals surface area contributed by atoms with Crippen molar-refractivity contribution in [3.8, 4) is 5.75 Å². The Morgan fingerprint density at radius 1 is 1.16 bits per heavy atom. The summed E-state index contributed by atoms with van der Waals surface area (Å²) >= 11 is 6.01. The number of ether oxygens (including phenoxy) is 1. The van der Waals surface area contributed by atoms with Gasteiger partial charge in [-0.3, -0.25) is 4.79 Å². The minimum atomic E-state index is -4.89. The first kappa shape index (κ1) is 24.3. The summed E-state index contributed by atoms with van der Waals surface area (Å²) < 4.78 is 83.9. The number of alkyl halides is 3. The molecule has 1 aliphatic rings. The number of methoxy groups -OCH3 is 1. The van der Waals surface area contributed by atoms with Gasteiger partial charge in [-0.1, -0.05) is 11.6 Å². The third-order valence-corrected chi connectivity index (χ3v) is 7.32. The molecule has 2 aromatic carbocycles. The molecule has 1 N–H and O–H groups in total. The summed E-state index contributed by atoms with van der Waals surface area (Å²) in [6.45, 7) is 0.0859. The summed E-state index contributed by atoms with van der Waals surface area (Å²) in [7, 11) is -2.45. The van der Waals surface area contributed by atoms with Gasteiger partial charge in [-0.15, -0.1) is 0 Å². The molecule has 1 saturated heterocycles. The van der Waals surface area contributed by atoms with Gasteiger partial charge in [-0.05, 0) is 49.2 Å². The Bertz CT molecular complexity index is 1120. The second-order valence-electron chi connectivity index (χ2n) is 7.16. The molecular formula is C20H19ClF4N2O4S. The van der Waals surface area contributed by atoms with E-state index in [0.717, 1.165) is 6.07 Å². The van der Waals surface area contributed by atoms with Crippen molar-refractivity contribution in [2.24, 2.45) is 5.92 Å². The van der Waals surface area contributed by atoms with Gasteiger partial charge < -0.3 is 10.1 Å².